The molecule has 1 fully saturated rings. The molecule has 2 aromatic heterocycles. The van der Waals surface area contributed by atoms with E-state index in [2.05, 4.69) is 21.7 Å². The Bertz CT molecular complexity index is 1210. The van der Waals surface area contributed by atoms with Gasteiger partial charge < -0.3 is 9.47 Å². The van der Waals surface area contributed by atoms with Gasteiger partial charge in [-0.05, 0) is 18.6 Å². The molecule has 0 unspecified atom stereocenters. The monoisotopic (exact) mass is 462 g/mol. The lowest BCUT2D eigenvalue weighted by molar-refractivity contribution is 0.245. The third-order valence-corrected chi connectivity index (χ3v) is 6.42. The summed E-state index contributed by atoms with van der Waals surface area (Å²) in [5.41, 5.74) is 0.450. The van der Waals surface area contributed by atoms with Crippen LogP contribution in [0.1, 0.15) is 31.7 Å². The first-order valence-corrected chi connectivity index (χ1v) is 11.4. The number of piperazine rings is 1. The van der Waals surface area contributed by atoms with Gasteiger partial charge in [0.05, 0.1) is 0 Å². The van der Waals surface area contributed by atoms with Gasteiger partial charge in [-0.3, -0.25) is 19.2 Å². The zero-order valence-corrected chi connectivity index (χ0v) is 19.2. The summed E-state index contributed by atoms with van der Waals surface area (Å²) in [6.45, 7) is 6.00. The van der Waals surface area contributed by atoms with Gasteiger partial charge in [0.2, 0.25) is 5.95 Å². The summed E-state index contributed by atoms with van der Waals surface area (Å²) in [5.74, 6) is 0.407. The van der Waals surface area contributed by atoms with Crippen molar-refractivity contribution >= 4 is 28.7 Å². The van der Waals surface area contributed by atoms with Crippen LogP contribution in [-0.2, 0) is 20.1 Å². The second-order valence-electron chi connectivity index (χ2n) is 8.22. The molecule has 0 aliphatic carbocycles. The Kier molecular flexibility index (Phi) is 6.66. The van der Waals surface area contributed by atoms with Gasteiger partial charge in [0.25, 0.3) is 5.56 Å². The van der Waals surface area contributed by atoms with Crippen molar-refractivity contribution < 1.29 is 4.39 Å². The summed E-state index contributed by atoms with van der Waals surface area (Å²) in [4.78, 5) is 36.1. The summed E-state index contributed by atoms with van der Waals surface area (Å²) in [6, 6.07) is 4.74. The first-order valence-electron chi connectivity index (χ1n) is 11.0. The van der Waals surface area contributed by atoms with Crippen molar-refractivity contribution in [2.45, 2.75) is 39.3 Å². The van der Waals surface area contributed by atoms with Crippen molar-refractivity contribution in [1.29, 1.82) is 0 Å². The van der Waals surface area contributed by atoms with Crippen LogP contribution in [0.2, 0.25) is 5.02 Å². The van der Waals surface area contributed by atoms with Crippen molar-refractivity contribution in [3.05, 3.63) is 55.4 Å². The average Bonchev–Trinajstić information content (AvgIpc) is 3.16. The number of aromatic amines is 1. The molecule has 10 heteroatoms. The number of benzene rings is 1. The number of nitrogens with one attached hydrogen (secondary N) is 1. The Morgan fingerprint density at radius 2 is 1.91 bits per heavy atom. The quantitative estimate of drug-likeness (QED) is 0.546. The molecular formula is C22H28ClFN6O2. The van der Waals surface area contributed by atoms with E-state index in [0.717, 1.165) is 19.3 Å². The third kappa shape index (κ3) is 4.31. The molecule has 3 aromatic rings. The average molecular weight is 463 g/mol. The van der Waals surface area contributed by atoms with E-state index in [9.17, 15) is 14.0 Å². The second kappa shape index (κ2) is 9.46. The highest BCUT2D eigenvalue weighted by atomic mass is 35.5. The molecule has 0 spiro atoms. The standard InChI is InChI=1S/C22H28ClFN6O2/c1-3-4-5-9-30-18-19(27(2)22(32)26-20(18)31)25-21(30)29-12-10-28(11-13-29)14-15-16(23)7-6-8-17(15)24/h6-8H,3-5,9-14H2,1-2H3,(H,26,31,32). The Balaban J connectivity index is 1.59. The van der Waals surface area contributed by atoms with Crippen LogP contribution in [0, 0.1) is 5.82 Å². The maximum absolute atomic E-state index is 14.2. The number of rotatable bonds is 7. The van der Waals surface area contributed by atoms with Gasteiger partial charge in [0, 0.05) is 56.9 Å². The van der Waals surface area contributed by atoms with E-state index in [1.807, 2.05) is 4.57 Å². The fourth-order valence-corrected chi connectivity index (χ4v) is 4.43. The second-order valence-corrected chi connectivity index (χ2v) is 8.63. The number of H-pyrrole nitrogens is 1. The molecule has 1 saturated heterocycles. The largest absolute Gasteiger partial charge is 0.340 e. The van der Waals surface area contributed by atoms with Gasteiger partial charge in [0.15, 0.2) is 11.2 Å². The van der Waals surface area contributed by atoms with Crippen molar-refractivity contribution in [3.8, 4) is 0 Å². The highest BCUT2D eigenvalue weighted by Gasteiger charge is 2.25. The molecule has 0 bridgehead atoms. The van der Waals surface area contributed by atoms with Gasteiger partial charge in [-0.1, -0.05) is 37.4 Å². The molecule has 1 aliphatic heterocycles. The topological polar surface area (TPSA) is 79.2 Å². The number of imidazole rings is 1. The summed E-state index contributed by atoms with van der Waals surface area (Å²) < 4.78 is 17.5. The predicted molar refractivity (Wildman–Crippen MR) is 124 cm³/mol. The minimum Gasteiger partial charge on any atom is -0.340 e. The molecule has 0 saturated carbocycles. The number of fused-ring (bicyclic) bond motifs is 1. The summed E-state index contributed by atoms with van der Waals surface area (Å²) in [7, 11) is 1.61. The van der Waals surface area contributed by atoms with Gasteiger partial charge in [-0.25, -0.2) is 9.18 Å². The van der Waals surface area contributed by atoms with Gasteiger partial charge >= 0.3 is 5.69 Å². The summed E-state index contributed by atoms with van der Waals surface area (Å²) >= 11 is 6.19. The normalized spacial score (nSPS) is 15.1. The van der Waals surface area contributed by atoms with E-state index in [1.54, 1.807) is 19.2 Å². The molecule has 32 heavy (non-hydrogen) atoms. The summed E-state index contributed by atoms with van der Waals surface area (Å²) in [5, 5.41) is 0.435. The molecular weight excluding hydrogens is 435 g/mol. The van der Waals surface area contributed by atoms with E-state index in [0.29, 0.717) is 67.0 Å². The van der Waals surface area contributed by atoms with Gasteiger partial charge in [-0.2, -0.15) is 4.98 Å². The van der Waals surface area contributed by atoms with Gasteiger partial charge in [0.1, 0.15) is 5.82 Å². The molecule has 3 heterocycles. The number of unbranched alkanes of at least 4 members (excludes halogenated alkanes) is 2. The molecule has 8 nitrogen and oxygen atoms in total. The fraction of sp³-hybridized carbons (Fsp3) is 0.500. The zero-order valence-electron chi connectivity index (χ0n) is 18.4. The first-order chi connectivity index (χ1) is 15.4. The lowest BCUT2D eigenvalue weighted by Gasteiger charge is -2.35. The fourth-order valence-electron chi connectivity index (χ4n) is 4.21. The van der Waals surface area contributed by atoms with Crippen LogP contribution >= 0.6 is 11.6 Å². The van der Waals surface area contributed by atoms with E-state index in [4.69, 9.17) is 16.6 Å². The van der Waals surface area contributed by atoms with Crippen LogP contribution < -0.4 is 16.1 Å². The highest BCUT2D eigenvalue weighted by molar-refractivity contribution is 6.31. The smallest absolute Gasteiger partial charge is 0.329 e. The molecule has 0 radical (unpaired) electrons. The number of aromatic nitrogens is 4. The predicted octanol–water partition coefficient (Wildman–Crippen LogP) is 2.73. The number of halogens is 2. The third-order valence-electron chi connectivity index (χ3n) is 6.07. The first kappa shape index (κ1) is 22.5. The Hall–Kier alpha value is -2.65. The van der Waals surface area contributed by atoms with Crippen LogP contribution in [0.5, 0.6) is 0 Å². The minimum atomic E-state index is -0.473. The molecule has 0 atom stereocenters. The van der Waals surface area contributed by atoms with Crippen molar-refractivity contribution in [2.75, 3.05) is 31.1 Å². The van der Waals surface area contributed by atoms with Crippen molar-refractivity contribution in [2.24, 2.45) is 7.05 Å². The Morgan fingerprint density at radius 3 is 2.59 bits per heavy atom. The van der Waals surface area contributed by atoms with E-state index in [-0.39, 0.29) is 5.82 Å². The number of aryl methyl sites for hydroxylation is 2. The van der Waals surface area contributed by atoms with E-state index in [1.165, 1.54) is 10.6 Å². The van der Waals surface area contributed by atoms with Gasteiger partial charge in [-0.15, -0.1) is 0 Å². The minimum absolute atomic E-state index is 0.294. The Morgan fingerprint density at radius 1 is 1.16 bits per heavy atom. The van der Waals surface area contributed by atoms with Crippen LogP contribution in [0.25, 0.3) is 11.2 Å². The number of hydrogen-bond acceptors (Lipinski definition) is 5. The lowest BCUT2D eigenvalue weighted by atomic mass is 10.2. The maximum Gasteiger partial charge on any atom is 0.329 e. The van der Waals surface area contributed by atoms with E-state index >= 15 is 0 Å². The highest BCUT2D eigenvalue weighted by Crippen LogP contribution is 2.24. The van der Waals surface area contributed by atoms with Crippen LogP contribution in [0.15, 0.2) is 27.8 Å². The van der Waals surface area contributed by atoms with Crippen LogP contribution in [0.3, 0.4) is 0 Å². The molecule has 172 valence electrons. The SMILES string of the molecule is CCCCCn1c(N2CCN(Cc3c(F)cccc3Cl)CC2)nc2c1c(=O)[nH]c(=O)n2C. The van der Waals surface area contributed by atoms with E-state index < -0.39 is 11.2 Å². The number of nitrogens with zero attached hydrogens (tertiary/aromatic N) is 5. The molecule has 1 aliphatic rings. The zero-order chi connectivity index (χ0) is 22.8. The van der Waals surface area contributed by atoms with Crippen molar-refractivity contribution in [3.63, 3.8) is 0 Å². The lowest BCUT2D eigenvalue weighted by Crippen LogP contribution is -2.47. The molecule has 4 rings (SSSR count). The number of hydrogen-bond donors (Lipinski definition) is 1. The maximum atomic E-state index is 14.2. The van der Waals surface area contributed by atoms with Crippen LogP contribution in [-0.4, -0.2) is 50.2 Å². The molecule has 1 aromatic carbocycles. The Labute approximate surface area is 190 Å². The van der Waals surface area contributed by atoms with Crippen molar-refractivity contribution in [1.82, 2.24) is 24.0 Å². The molecule has 0 amide bonds. The summed E-state index contributed by atoms with van der Waals surface area (Å²) in [6.07, 6.45) is 3.02. The number of anilines is 1. The van der Waals surface area contributed by atoms with Crippen LogP contribution in [0.4, 0.5) is 10.3 Å². The molecule has 1 N–H and O–H groups in total.